The van der Waals surface area contributed by atoms with E-state index in [0.29, 0.717) is 11.5 Å². The third kappa shape index (κ3) is 2.60. The van der Waals surface area contributed by atoms with Crippen LogP contribution in [0, 0.1) is 0 Å². The van der Waals surface area contributed by atoms with Gasteiger partial charge in [-0.15, -0.1) is 0 Å². The molecule has 0 bridgehead atoms. The number of aromatic nitrogens is 1. The summed E-state index contributed by atoms with van der Waals surface area (Å²) < 4.78 is 15.3. The second-order valence-corrected chi connectivity index (χ2v) is 3.39. The summed E-state index contributed by atoms with van der Waals surface area (Å²) in [5.41, 5.74) is -0.136. The average molecular weight is 249 g/mol. The Morgan fingerprint density at radius 1 is 1.33 bits per heavy atom. The molecule has 0 unspecified atom stereocenters. The lowest BCUT2D eigenvalue weighted by Crippen LogP contribution is -2.04. The van der Waals surface area contributed by atoms with Crippen LogP contribution < -0.4 is 9.47 Å². The molecule has 18 heavy (non-hydrogen) atoms. The summed E-state index contributed by atoms with van der Waals surface area (Å²) in [6, 6.07) is 6.92. The number of ether oxygens (including phenoxy) is 2. The zero-order valence-corrected chi connectivity index (χ0v) is 9.62. The minimum absolute atomic E-state index is 0.00790. The van der Waals surface area contributed by atoms with Crippen molar-refractivity contribution in [1.29, 1.82) is 0 Å². The molecular weight excluding hydrogens is 238 g/mol. The summed E-state index contributed by atoms with van der Waals surface area (Å²) >= 11 is 0. The molecule has 1 heterocycles. The third-order valence-electron chi connectivity index (χ3n) is 2.27. The van der Waals surface area contributed by atoms with Gasteiger partial charge in [0.15, 0.2) is 17.8 Å². The van der Waals surface area contributed by atoms with Gasteiger partial charge in [-0.1, -0.05) is 0 Å². The van der Waals surface area contributed by atoms with Crippen molar-refractivity contribution in [2.75, 3.05) is 7.11 Å². The van der Waals surface area contributed by atoms with Crippen molar-refractivity contribution in [1.82, 2.24) is 4.98 Å². The Morgan fingerprint density at radius 2 is 2.00 bits per heavy atom. The van der Waals surface area contributed by atoms with Crippen molar-refractivity contribution in [3.8, 4) is 11.5 Å². The molecular formula is C12H11NO5. The van der Waals surface area contributed by atoms with E-state index in [4.69, 9.17) is 19.0 Å². The first kappa shape index (κ1) is 12.0. The van der Waals surface area contributed by atoms with Crippen molar-refractivity contribution in [2.24, 2.45) is 0 Å². The van der Waals surface area contributed by atoms with E-state index in [-0.39, 0.29) is 18.1 Å². The van der Waals surface area contributed by atoms with Crippen LogP contribution in [0.2, 0.25) is 0 Å². The number of hydrogen-bond acceptors (Lipinski definition) is 5. The van der Waals surface area contributed by atoms with Gasteiger partial charge in [-0.3, -0.25) is 0 Å². The molecule has 2 rings (SSSR count). The van der Waals surface area contributed by atoms with Crippen LogP contribution in [0.5, 0.6) is 11.5 Å². The molecule has 0 saturated heterocycles. The molecule has 2 aromatic rings. The molecule has 94 valence electrons. The van der Waals surface area contributed by atoms with Crippen molar-refractivity contribution >= 4 is 5.97 Å². The Morgan fingerprint density at radius 3 is 2.61 bits per heavy atom. The van der Waals surface area contributed by atoms with Crippen LogP contribution >= 0.6 is 0 Å². The Kier molecular flexibility index (Phi) is 3.47. The van der Waals surface area contributed by atoms with Crippen LogP contribution in [0.1, 0.15) is 16.2 Å². The van der Waals surface area contributed by atoms with Crippen LogP contribution in [-0.4, -0.2) is 23.2 Å². The lowest BCUT2D eigenvalue weighted by atomic mass is 10.3. The van der Waals surface area contributed by atoms with Crippen LogP contribution in [-0.2, 0) is 6.61 Å². The number of carboxylic acids is 1. The van der Waals surface area contributed by atoms with E-state index in [1.165, 1.54) is 0 Å². The predicted octanol–water partition coefficient (Wildman–Crippen LogP) is 1.96. The predicted molar refractivity (Wildman–Crippen MR) is 60.8 cm³/mol. The highest BCUT2D eigenvalue weighted by atomic mass is 16.5. The van der Waals surface area contributed by atoms with Crippen molar-refractivity contribution in [3.63, 3.8) is 0 Å². The number of aromatic carboxylic acids is 1. The number of methoxy groups -OCH3 is 1. The van der Waals surface area contributed by atoms with Crippen molar-refractivity contribution < 1.29 is 23.8 Å². The quantitative estimate of drug-likeness (QED) is 0.872. The second kappa shape index (κ2) is 5.22. The molecule has 1 aromatic heterocycles. The SMILES string of the molecule is COc1ccc(OCc2ocnc2C(=O)O)cc1. The fourth-order valence-electron chi connectivity index (χ4n) is 1.37. The second-order valence-electron chi connectivity index (χ2n) is 3.39. The normalized spacial score (nSPS) is 10.1. The Labute approximate surface area is 103 Å². The molecule has 0 atom stereocenters. The number of carbonyl (C=O) groups is 1. The summed E-state index contributed by atoms with van der Waals surface area (Å²) in [6.45, 7) is 0.00790. The molecule has 0 aliphatic carbocycles. The van der Waals surface area contributed by atoms with E-state index in [0.717, 1.165) is 6.39 Å². The molecule has 0 spiro atoms. The fourth-order valence-corrected chi connectivity index (χ4v) is 1.37. The highest BCUT2D eigenvalue weighted by molar-refractivity contribution is 5.86. The number of benzene rings is 1. The molecule has 0 fully saturated rings. The lowest BCUT2D eigenvalue weighted by Gasteiger charge is -2.05. The van der Waals surface area contributed by atoms with Gasteiger partial charge >= 0.3 is 5.97 Å². The van der Waals surface area contributed by atoms with E-state index in [9.17, 15) is 4.79 Å². The van der Waals surface area contributed by atoms with Crippen LogP contribution in [0.25, 0.3) is 0 Å². The zero-order valence-electron chi connectivity index (χ0n) is 9.62. The van der Waals surface area contributed by atoms with Gasteiger partial charge in [0, 0.05) is 0 Å². The summed E-state index contributed by atoms with van der Waals surface area (Å²) in [5.74, 6) is 0.340. The summed E-state index contributed by atoms with van der Waals surface area (Å²) in [5, 5.41) is 8.83. The molecule has 1 N–H and O–H groups in total. The van der Waals surface area contributed by atoms with E-state index in [2.05, 4.69) is 4.98 Å². The van der Waals surface area contributed by atoms with Gasteiger partial charge in [0.25, 0.3) is 0 Å². The fraction of sp³-hybridized carbons (Fsp3) is 0.167. The van der Waals surface area contributed by atoms with Crippen molar-refractivity contribution in [2.45, 2.75) is 6.61 Å². The number of oxazole rings is 1. The Hall–Kier alpha value is -2.50. The summed E-state index contributed by atoms with van der Waals surface area (Å²) in [7, 11) is 1.57. The molecule has 0 aliphatic rings. The largest absolute Gasteiger partial charge is 0.497 e. The van der Waals surface area contributed by atoms with Gasteiger partial charge in [0.2, 0.25) is 0 Å². The van der Waals surface area contributed by atoms with Gasteiger partial charge in [0.1, 0.15) is 18.1 Å². The minimum Gasteiger partial charge on any atom is -0.497 e. The Bertz CT molecular complexity index is 532. The monoisotopic (exact) mass is 249 g/mol. The highest BCUT2D eigenvalue weighted by Gasteiger charge is 2.15. The van der Waals surface area contributed by atoms with Gasteiger partial charge in [-0.05, 0) is 24.3 Å². The van der Waals surface area contributed by atoms with Crippen LogP contribution in [0.4, 0.5) is 0 Å². The Balaban J connectivity index is 2.02. The average Bonchev–Trinajstić information content (AvgIpc) is 2.85. The standard InChI is InChI=1S/C12H11NO5/c1-16-8-2-4-9(5-3-8)17-6-10-11(12(14)15)13-7-18-10/h2-5,7H,6H2,1H3,(H,14,15). The molecule has 6 heteroatoms. The maximum atomic E-state index is 10.8. The van der Waals surface area contributed by atoms with Gasteiger partial charge < -0.3 is 19.0 Å². The highest BCUT2D eigenvalue weighted by Crippen LogP contribution is 2.18. The smallest absolute Gasteiger partial charge is 0.358 e. The first-order valence-electron chi connectivity index (χ1n) is 5.13. The first-order valence-corrected chi connectivity index (χ1v) is 5.13. The van der Waals surface area contributed by atoms with E-state index < -0.39 is 5.97 Å². The molecule has 0 saturated carbocycles. The summed E-state index contributed by atoms with van der Waals surface area (Å²) in [6.07, 6.45) is 1.08. The van der Waals surface area contributed by atoms with E-state index in [1.54, 1.807) is 31.4 Å². The van der Waals surface area contributed by atoms with Gasteiger partial charge in [0.05, 0.1) is 7.11 Å². The number of nitrogens with zero attached hydrogens (tertiary/aromatic N) is 1. The molecule has 1 aromatic carbocycles. The summed E-state index contributed by atoms with van der Waals surface area (Å²) in [4.78, 5) is 14.4. The maximum Gasteiger partial charge on any atom is 0.358 e. The minimum atomic E-state index is -1.14. The topological polar surface area (TPSA) is 81.8 Å². The molecule has 0 radical (unpaired) electrons. The lowest BCUT2D eigenvalue weighted by molar-refractivity contribution is 0.0686. The zero-order chi connectivity index (χ0) is 13.0. The van der Waals surface area contributed by atoms with Crippen molar-refractivity contribution in [3.05, 3.63) is 42.1 Å². The number of rotatable bonds is 5. The van der Waals surface area contributed by atoms with Gasteiger partial charge in [-0.25, -0.2) is 9.78 Å². The molecule has 6 nitrogen and oxygen atoms in total. The molecule has 0 aliphatic heterocycles. The maximum absolute atomic E-state index is 10.8. The van der Waals surface area contributed by atoms with E-state index >= 15 is 0 Å². The van der Waals surface area contributed by atoms with Crippen LogP contribution in [0.3, 0.4) is 0 Å². The number of carboxylic acid groups (broad SMARTS) is 1. The van der Waals surface area contributed by atoms with Crippen LogP contribution in [0.15, 0.2) is 35.1 Å². The number of hydrogen-bond donors (Lipinski definition) is 1. The molecule has 0 amide bonds. The van der Waals surface area contributed by atoms with Gasteiger partial charge in [-0.2, -0.15) is 0 Å². The first-order chi connectivity index (χ1) is 8.70. The van der Waals surface area contributed by atoms with E-state index in [1.807, 2.05) is 0 Å². The third-order valence-corrected chi connectivity index (χ3v) is 2.27.